The number of rotatable bonds is 6. The first kappa shape index (κ1) is 20.2. The Morgan fingerprint density at radius 3 is 2.66 bits per heavy atom. The van der Waals surface area contributed by atoms with E-state index in [0.717, 1.165) is 5.82 Å². The minimum atomic E-state index is -0.613. The minimum absolute atomic E-state index is 0.0148. The average Bonchev–Trinajstić information content (AvgIpc) is 2.77. The van der Waals surface area contributed by atoms with Crippen molar-refractivity contribution in [2.45, 2.75) is 0 Å². The van der Waals surface area contributed by atoms with E-state index in [4.69, 9.17) is 9.47 Å². The van der Waals surface area contributed by atoms with Crippen molar-refractivity contribution >= 4 is 23.8 Å². The molecule has 1 saturated heterocycles. The Kier molecular flexibility index (Phi) is 6.67. The van der Waals surface area contributed by atoms with Gasteiger partial charge in [0.05, 0.1) is 7.11 Å². The summed E-state index contributed by atoms with van der Waals surface area (Å²) in [4.78, 5) is 32.3. The maximum atomic E-state index is 12.3. The molecule has 2 aromatic rings. The molecular weight excluding hydrogens is 374 g/mol. The molecule has 1 aromatic heterocycles. The van der Waals surface area contributed by atoms with E-state index in [1.807, 2.05) is 18.2 Å². The number of carbonyl (C=O) groups excluding carboxylic acids is 2. The molecule has 0 aliphatic carbocycles. The number of phenolic OH excluding ortho intramolecular Hbond substituents is 1. The number of nitrogens with zero attached hydrogens (tertiary/aromatic N) is 3. The van der Waals surface area contributed by atoms with Gasteiger partial charge in [-0.2, -0.15) is 0 Å². The van der Waals surface area contributed by atoms with Crippen LogP contribution in [0.15, 0.2) is 48.7 Å². The number of aromatic hydroxyl groups is 1. The molecule has 1 aliphatic rings. The van der Waals surface area contributed by atoms with Gasteiger partial charge in [-0.25, -0.2) is 9.78 Å². The molecule has 1 fully saturated rings. The Morgan fingerprint density at radius 1 is 1.17 bits per heavy atom. The van der Waals surface area contributed by atoms with E-state index in [0.29, 0.717) is 37.5 Å². The third-order valence-electron chi connectivity index (χ3n) is 4.56. The number of esters is 1. The monoisotopic (exact) mass is 397 g/mol. The molecule has 3 rings (SSSR count). The summed E-state index contributed by atoms with van der Waals surface area (Å²) in [6, 6.07) is 10.4. The average molecular weight is 397 g/mol. The van der Waals surface area contributed by atoms with Crippen LogP contribution in [0.3, 0.4) is 0 Å². The number of hydrogen-bond acceptors (Lipinski definition) is 7. The number of benzene rings is 1. The number of piperazine rings is 1. The van der Waals surface area contributed by atoms with Gasteiger partial charge in [-0.15, -0.1) is 0 Å². The van der Waals surface area contributed by atoms with Gasteiger partial charge in [0.15, 0.2) is 18.1 Å². The normalized spacial score (nSPS) is 14.1. The zero-order chi connectivity index (χ0) is 20.6. The lowest BCUT2D eigenvalue weighted by molar-refractivity contribution is -0.148. The van der Waals surface area contributed by atoms with Crippen molar-refractivity contribution in [2.24, 2.45) is 0 Å². The number of phenols is 1. The Labute approximate surface area is 169 Å². The molecule has 1 N–H and O–H groups in total. The van der Waals surface area contributed by atoms with Gasteiger partial charge in [0.2, 0.25) is 0 Å². The molecule has 1 aromatic carbocycles. The summed E-state index contributed by atoms with van der Waals surface area (Å²) in [5.74, 6) is 0.375. The number of pyridine rings is 1. The van der Waals surface area contributed by atoms with Crippen LogP contribution >= 0.6 is 0 Å². The maximum absolute atomic E-state index is 12.3. The first-order chi connectivity index (χ1) is 14.1. The first-order valence-corrected chi connectivity index (χ1v) is 9.22. The third kappa shape index (κ3) is 5.47. The number of amides is 1. The van der Waals surface area contributed by atoms with Gasteiger partial charge >= 0.3 is 5.97 Å². The Hall–Kier alpha value is -3.55. The van der Waals surface area contributed by atoms with Crippen molar-refractivity contribution in [3.8, 4) is 11.5 Å². The quantitative estimate of drug-likeness (QED) is 0.586. The minimum Gasteiger partial charge on any atom is -0.504 e. The molecule has 0 spiro atoms. The topological polar surface area (TPSA) is 92.2 Å². The van der Waals surface area contributed by atoms with E-state index in [1.54, 1.807) is 23.2 Å². The molecule has 8 nitrogen and oxygen atoms in total. The summed E-state index contributed by atoms with van der Waals surface area (Å²) in [5, 5.41) is 9.57. The molecule has 0 saturated carbocycles. The second-order valence-corrected chi connectivity index (χ2v) is 6.43. The van der Waals surface area contributed by atoms with Crippen LogP contribution in [0.1, 0.15) is 5.56 Å². The summed E-state index contributed by atoms with van der Waals surface area (Å²) in [7, 11) is 1.44. The van der Waals surface area contributed by atoms with Gasteiger partial charge in [-0.3, -0.25) is 4.79 Å². The van der Waals surface area contributed by atoms with Gasteiger partial charge in [0.25, 0.3) is 5.91 Å². The van der Waals surface area contributed by atoms with E-state index >= 15 is 0 Å². The highest BCUT2D eigenvalue weighted by molar-refractivity contribution is 5.89. The summed E-state index contributed by atoms with van der Waals surface area (Å²) in [5.41, 5.74) is 0.661. The van der Waals surface area contributed by atoms with Crippen LogP contribution in [-0.4, -0.2) is 66.8 Å². The first-order valence-electron chi connectivity index (χ1n) is 9.22. The van der Waals surface area contributed by atoms with Crippen molar-refractivity contribution < 1.29 is 24.2 Å². The molecule has 1 aliphatic heterocycles. The van der Waals surface area contributed by atoms with Gasteiger partial charge < -0.3 is 24.4 Å². The number of ether oxygens (including phenoxy) is 2. The fourth-order valence-corrected chi connectivity index (χ4v) is 2.96. The van der Waals surface area contributed by atoms with Crippen molar-refractivity contribution in [1.82, 2.24) is 9.88 Å². The highest BCUT2D eigenvalue weighted by Gasteiger charge is 2.22. The van der Waals surface area contributed by atoms with Gasteiger partial charge in [0, 0.05) is 38.5 Å². The summed E-state index contributed by atoms with van der Waals surface area (Å²) >= 11 is 0. The summed E-state index contributed by atoms with van der Waals surface area (Å²) in [6.07, 6.45) is 4.51. The van der Waals surface area contributed by atoms with E-state index in [-0.39, 0.29) is 18.3 Å². The van der Waals surface area contributed by atoms with E-state index in [9.17, 15) is 14.7 Å². The molecule has 0 radical (unpaired) electrons. The molecule has 0 bridgehead atoms. The lowest BCUT2D eigenvalue weighted by Gasteiger charge is -2.35. The predicted molar refractivity (Wildman–Crippen MR) is 108 cm³/mol. The largest absolute Gasteiger partial charge is 0.504 e. The van der Waals surface area contributed by atoms with Crippen molar-refractivity contribution in [3.05, 3.63) is 54.2 Å². The van der Waals surface area contributed by atoms with E-state index in [2.05, 4.69) is 9.88 Å². The predicted octanol–water partition coefficient (Wildman–Crippen LogP) is 1.70. The van der Waals surface area contributed by atoms with Crippen LogP contribution in [0.25, 0.3) is 6.08 Å². The van der Waals surface area contributed by atoms with E-state index < -0.39 is 5.97 Å². The van der Waals surface area contributed by atoms with Crippen LogP contribution in [0.5, 0.6) is 11.5 Å². The molecule has 0 atom stereocenters. The Bertz CT molecular complexity index is 877. The van der Waals surface area contributed by atoms with Crippen molar-refractivity contribution in [1.29, 1.82) is 0 Å². The highest BCUT2D eigenvalue weighted by Crippen LogP contribution is 2.26. The van der Waals surface area contributed by atoms with Crippen LogP contribution in [0.4, 0.5) is 5.82 Å². The molecule has 2 heterocycles. The van der Waals surface area contributed by atoms with Crippen molar-refractivity contribution in [3.63, 3.8) is 0 Å². The molecule has 29 heavy (non-hydrogen) atoms. The molecule has 1 amide bonds. The number of hydrogen-bond donors (Lipinski definition) is 1. The fourth-order valence-electron chi connectivity index (χ4n) is 2.96. The number of carbonyl (C=O) groups is 2. The highest BCUT2D eigenvalue weighted by atomic mass is 16.5. The molecular formula is C21H23N3O5. The molecule has 8 heteroatoms. The zero-order valence-electron chi connectivity index (χ0n) is 16.2. The second-order valence-electron chi connectivity index (χ2n) is 6.43. The number of methoxy groups -OCH3 is 1. The fraction of sp³-hybridized carbons (Fsp3) is 0.286. The van der Waals surface area contributed by atoms with Crippen molar-refractivity contribution in [2.75, 3.05) is 44.8 Å². The molecule has 0 unspecified atom stereocenters. The maximum Gasteiger partial charge on any atom is 0.331 e. The zero-order valence-corrected chi connectivity index (χ0v) is 16.2. The lowest BCUT2D eigenvalue weighted by Crippen LogP contribution is -2.50. The van der Waals surface area contributed by atoms with Gasteiger partial charge in [-0.05, 0) is 35.9 Å². The Morgan fingerprint density at radius 2 is 1.97 bits per heavy atom. The van der Waals surface area contributed by atoms with E-state index in [1.165, 1.54) is 25.3 Å². The standard InChI is InChI=1S/C21H23N3O5/c1-28-18-14-16(5-7-17(18)25)6-8-21(27)29-15-20(26)24-12-10-23(11-13-24)19-4-2-3-9-22-19/h2-9,14,25H,10-13,15H2,1H3/b8-6+. The summed E-state index contributed by atoms with van der Waals surface area (Å²) < 4.78 is 10.1. The molecule has 152 valence electrons. The van der Waals surface area contributed by atoms with Gasteiger partial charge in [0.1, 0.15) is 5.82 Å². The number of aromatic nitrogens is 1. The van der Waals surface area contributed by atoms with Crippen LogP contribution in [0.2, 0.25) is 0 Å². The number of anilines is 1. The lowest BCUT2D eigenvalue weighted by atomic mass is 10.2. The van der Waals surface area contributed by atoms with Crippen LogP contribution < -0.4 is 9.64 Å². The third-order valence-corrected chi connectivity index (χ3v) is 4.56. The van der Waals surface area contributed by atoms with Gasteiger partial charge in [-0.1, -0.05) is 12.1 Å². The van der Waals surface area contributed by atoms with Crippen LogP contribution in [-0.2, 0) is 14.3 Å². The Balaban J connectivity index is 1.44. The second kappa shape index (κ2) is 9.59. The summed E-state index contributed by atoms with van der Waals surface area (Å²) in [6.45, 7) is 2.16. The smallest absolute Gasteiger partial charge is 0.331 e. The SMILES string of the molecule is COc1cc(/C=C/C(=O)OCC(=O)N2CCN(c3ccccn3)CC2)ccc1O. The van der Waals surface area contributed by atoms with Crippen LogP contribution in [0, 0.1) is 0 Å².